The standard InChI is InChI=1S/C21H25NO5/c1-13(2)27-18-11-10-17(12-19(18)25-4)14(3)22-20(23)15-6-8-16(9-7-15)21(24)26-5/h6-14H,1-5H3,(H,22,23). The van der Waals surface area contributed by atoms with Gasteiger partial charge in [0.25, 0.3) is 5.91 Å². The van der Waals surface area contributed by atoms with Crippen LogP contribution in [0.1, 0.15) is 53.1 Å². The lowest BCUT2D eigenvalue weighted by Gasteiger charge is -2.18. The first-order valence-corrected chi connectivity index (χ1v) is 8.69. The van der Waals surface area contributed by atoms with E-state index in [4.69, 9.17) is 9.47 Å². The molecule has 1 amide bonds. The molecule has 6 heteroatoms. The van der Waals surface area contributed by atoms with Crippen LogP contribution in [0.5, 0.6) is 11.5 Å². The Bertz CT molecular complexity index is 799. The number of hydrogen-bond donors (Lipinski definition) is 1. The second-order valence-electron chi connectivity index (χ2n) is 6.34. The van der Waals surface area contributed by atoms with E-state index in [1.54, 1.807) is 31.4 Å². The van der Waals surface area contributed by atoms with E-state index in [-0.39, 0.29) is 18.1 Å². The lowest BCUT2D eigenvalue weighted by molar-refractivity contribution is 0.0600. The van der Waals surface area contributed by atoms with Gasteiger partial charge in [-0.3, -0.25) is 4.79 Å². The Morgan fingerprint density at radius 2 is 1.52 bits per heavy atom. The molecule has 0 heterocycles. The second-order valence-corrected chi connectivity index (χ2v) is 6.34. The fourth-order valence-corrected chi connectivity index (χ4v) is 2.54. The smallest absolute Gasteiger partial charge is 0.337 e. The number of hydrogen-bond acceptors (Lipinski definition) is 5. The highest BCUT2D eigenvalue weighted by Gasteiger charge is 2.15. The zero-order valence-electron chi connectivity index (χ0n) is 16.2. The number of carbonyl (C=O) groups is 2. The maximum atomic E-state index is 12.5. The highest BCUT2D eigenvalue weighted by atomic mass is 16.5. The van der Waals surface area contributed by atoms with Crippen LogP contribution < -0.4 is 14.8 Å². The Labute approximate surface area is 159 Å². The Morgan fingerprint density at radius 3 is 2.07 bits per heavy atom. The largest absolute Gasteiger partial charge is 0.493 e. The molecular weight excluding hydrogens is 346 g/mol. The molecule has 0 bridgehead atoms. The van der Waals surface area contributed by atoms with Gasteiger partial charge in [0, 0.05) is 5.56 Å². The molecule has 0 spiro atoms. The van der Waals surface area contributed by atoms with Gasteiger partial charge in [-0.25, -0.2) is 4.79 Å². The Kier molecular flexibility index (Phi) is 6.82. The van der Waals surface area contributed by atoms with Crippen LogP contribution in [0.2, 0.25) is 0 Å². The summed E-state index contributed by atoms with van der Waals surface area (Å²) in [6, 6.07) is 11.7. The van der Waals surface area contributed by atoms with Crippen molar-refractivity contribution in [3.63, 3.8) is 0 Å². The third-order valence-electron chi connectivity index (χ3n) is 3.97. The fraction of sp³-hybridized carbons (Fsp3) is 0.333. The third kappa shape index (κ3) is 5.23. The van der Waals surface area contributed by atoms with Crippen LogP contribution in [0.4, 0.5) is 0 Å². The predicted octanol–water partition coefficient (Wildman–Crippen LogP) is 3.76. The van der Waals surface area contributed by atoms with Crippen molar-refractivity contribution in [2.24, 2.45) is 0 Å². The van der Waals surface area contributed by atoms with E-state index in [2.05, 4.69) is 10.1 Å². The monoisotopic (exact) mass is 371 g/mol. The predicted molar refractivity (Wildman–Crippen MR) is 102 cm³/mol. The van der Waals surface area contributed by atoms with E-state index < -0.39 is 5.97 Å². The average molecular weight is 371 g/mol. The molecule has 6 nitrogen and oxygen atoms in total. The zero-order valence-corrected chi connectivity index (χ0v) is 16.2. The minimum atomic E-state index is -0.439. The summed E-state index contributed by atoms with van der Waals surface area (Å²) >= 11 is 0. The molecule has 0 aliphatic rings. The number of benzene rings is 2. The van der Waals surface area contributed by atoms with Gasteiger partial charge in [0.2, 0.25) is 0 Å². The van der Waals surface area contributed by atoms with Gasteiger partial charge in [0.05, 0.1) is 31.9 Å². The number of rotatable bonds is 7. The molecule has 2 rings (SSSR count). The van der Waals surface area contributed by atoms with Crippen LogP contribution >= 0.6 is 0 Å². The molecule has 1 N–H and O–H groups in total. The Morgan fingerprint density at radius 1 is 0.889 bits per heavy atom. The maximum absolute atomic E-state index is 12.5. The molecule has 0 aliphatic heterocycles. The van der Waals surface area contributed by atoms with Gasteiger partial charge in [-0.05, 0) is 62.7 Å². The minimum Gasteiger partial charge on any atom is -0.493 e. The average Bonchev–Trinajstić information content (AvgIpc) is 2.67. The molecule has 1 atom stereocenters. The molecule has 1 unspecified atom stereocenters. The molecule has 27 heavy (non-hydrogen) atoms. The molecule has 0 saturated carbocycles. The number of amides is 1. The van der Waals surface area contributed by atoms with Gasteiger partial charge < -0.3 is 19.5 Å². The summed E-state index contributed by atoms with van der Waals surface area (Å²) in [4.78, 5) is 23.9. The van der Waals surface area contributed by atoms with Crippen molar-refractivity contribution in [3.8, 4) is 11.5 Å². The SMILES string of the molecule is COC(=O)c1ccc(C(=O)NC(C)c2ccc(OC(C)C)c(OC)c2)cc1. The van der Waals surface area contributed by atoms with E-state index in [0.29, 0.717) is 22.6 Å². The number of nitrogens with one attached hydrogen (secondary N) is 1. The summed E-state index contributed by atoms with van der Waals surface area (Å²) in [5, 5.41) is 2.94. The van der Waals surface area contributed by atoms with Crippen LogP contribution in [0.3, 0.4) is 0 Å². The summed E-state index contributed by atoms with van der Waals surface area (Å²) in [5.74, 6) is 0.601. The molecular formula is C21H25NO5. The second kappa shape index (κ2) is 9.07. The normalized spacial score (nSPS) is 11.6. The summed E-state index contributed by atoms with van der Waals surface area (Å²) in [6.45, 7) is 5.78. The van der Waals surface area contributed by atoms with E-state index in [9.17, 15) is 9.59 Å². The van der Waals surface area contributed by atoms with Crippen molar-refractivity contribution in [1.29, 1.82) is 0 Å². The highest BCUT2D eigenvalue weighted by molar-refractivity contribution is 5.96. The lowest BCUT2D eigenvalue weighted by atomic mass is 10.1. The molecule has 0 fully saturated rings. The zero-order chi connectivity index (χ0) is 20.0. The fourth-order valence-electron chi connectivity index (χ4n) is 2.54. The molecule has 0 saturated heterocycles. The minimum absolute atomic E-state index is 0.0369. The van der Waals surface area contributed by atoms with Crippen LogP contribution in [-0.2, 0) is 4.74 Å². The summed E-state index contributed by atoms with van der Waals surface area (Å²) in [6.07, 6.45) is 0.0369. The van der Waals surface area contributed by atoms with Gasteiger partial charge in [-0.15, -0.1) is 0 Å². The Hall–Kier alpha value is -3.02. The van der Waals surface area contributed by atoms with Gasteiger partial charge in [0.15, 0.2) is 11.5 Å². The van der Waals surface area contributed by atoms with Crippen molar-refractivity contribution in [3.05, 3.63) is 59.2 Å². The first-order chi connectivity index (χ1) is 12.8. The molecule has 144 valence electrons. The first kappa shape index (κ1) is 20.3. The maximum Gasteiger partial charge on any atom is 0.337 e. The topological polar surface area (TPSA) is 73.9 Å². The summed E-state index contributed by atoms with van der Waals surface area (Å²) in [7, 11) is 2.90. The molecule has 2 aromatic carbocycles. The Balaban J connectivity index is 2.10. The number of methoxy groups -OCH3 is 2. The van der Waals surface area contributed by atoms with Crippen molar-refractivity contribution in [2.45, 2.75) is 32.9 Å². The molecule has 0 radical (unpaired) electrons. The van der Waals surface area contributed by atoms with Gasteiger partial charge in [0.1, 0.15) is 0 Å². The van der Waals surface area contributed by atoms with E-state index in [1.165, 1.54) is 7.11 Å². The van der Waals surface area contributed by atoms with Crippen molar-refractivity contribution < 1.29 is 23.8 Å². The number of carbonyl (C=O) groups excluding carboxylic acids is 2. The van der Waals surface area contributed by atoms with Crippen molar-refractivity contribution in [1.82, 2.24) is 5.32 Å². The lowest BCUT2D eigenvalue weighted by Crippen LogP contribution is -2.26. The van der Waals surface area contributed by atoms with Crippen LogP contribution in [0, 0.1) is 0 Å². The van der Waals surface area contributed by atoms with E-state index >= 15 is 0 Å². The quantitative estimate of drug-likeness (QED) is 0.750. The summed E-state index contributed by atoms with van der Waals surface area (Å²) in [5.41, 5.74) is 1.75. The van der Waals surface area contributed by atoms with E-state index in [0.717, 1.165) is 5.56 Å². The molecule has 0 aromatic heterocycles. The molecule has 2 aromatic rings. The highest BCUT2D eigenvalue weighted by Crippen LogP contribution is 2.31. The number of ether oxygens (including phenoxy) is 3. The van der Waals surface area contributed by atoms with Gasteiger partial charge >= 0.3 is 5.97 Å². The third-order valence-corrected chi connectivity index (χ3v) is 3.97. The van der Waals surface area contributed by atoms with Gasteiger partial charge in [-0.1, -0.05) is 6.07 Å². The van der Waals surface area contributed by atoms with Crippen molar-refractivity contribution >= 4 is 11.9 Å². The number of esters is 1. The van der Waals surface area contributed by atoms with E-state index in [1.807, 2.05) is 39.0 Å². The van der Waals surface area contributed by atoms with Crippen LogP contribution in [0.25, 0.3) is 0 Å². The van der Waals surface area contributed by atoms with Crippen LogP contribution in [0.15, 0.2) is 42.5 Å². The summed E-state index contributed by atoms with van der Waals surface area (Å²) < 4.78 is 15.8. The first-order valence-electron chi connectivity index (χ1n) is 8.69. The molecule has 0 aliphatic carbocycles. The van der Waals surface area contributed by atoms with Gasteiger partial charge in [-0.2, -0.15) is 0 Å². The van der Waals surface area contributed by atoms with Crippen LogP contribution in [-0.4, -0.2) is 32.2 Å². The van der Waals surface area contributed by atoms with Crippen molar-refractivity contribution in [2.75, 3.05) is 14.2 Å².